The molecule has 0 spiro atoms. The zero-order valence-electron chi connectivity index (χ0n) is 22.1. The summed E-state index contributed by atoms with van der Waals surface area (Å²) in [6, 6.07) is 14.5. The van der Waals surface area contributed by atoms with E-state index in [-0.39, 0.29) is 23.6 Å². The number of fused-ring (bicyclic) bond motifs is 1. The quantitative estimate of drug-likeness (QED) is 0.262. The van der Waals surface area contributed by atoms with Gasteiger partial charge in [-0.3, -0.25) is 4.79 Å². The first kappa shape index (κ1) is 26.0. The van der Waals surface area contributed by atoms with Crippen molar-refractivity contribution >= 4 is 40.0 Å². The second-order valence-corrected chi connectivity index (χ2v) is 11.3. The van der Waals surface area contributed by atoms with Crippen molar-refractivity contribution in [3.05, 3.63) is 53.4 Å². The van der Waals surface area contributed by atoms with Crippen LogP contribution in [0.25, 0.3) is 33.0 Å². The van der Waals surface area contributed by atoms with E-state index in [2.05, 4.69) is 11.9 Å². The molecule has 1 aliphatic rings. The summed E-state index contributed by atoms with van der Waals surface area (Å²) in [5.74, 6) is 0.705. The second kappa shape index (κ2) is 10.6. The first-order chi connectivity index (χ1) is 18.3. The molecular weight excluding hydrogens is 500 g/mol. The number of thiophene rings is 1. The molecule has 2 aromatic heterocycles. The topological polar surface area (TPSA) is 92.9 Å². The van der Waals surface area contributed by atoms with E-state index in [1.54, 1.807) is 23.1 Å². The Hall–Kier alpha value is -3.65. The minimum atomic E-state index is -0.449. The molecule has 7 nitrogen and oxygen atoms in total. The Labute approximate surface area is 226 Å². The lowest BCUT2D eigenvalue weighted by atomic mass is 9.82. The summed E-state index contributed by atoms with van der Waals surface area (Å²) < 4.78 is 10.9. The Kier molecular flexibility index (Phi) is 7.25. The van der Waals surface area contributed by atoms with E-state index in [9.17, 15) is 14.7 Å². The Morgan fingerprint density at radius 2 is 1.76 bits per heavy atom. The molecule has 8 heteroatoms. The number of carbonyl (C=O) groups excluding carboxylic acids is 2. The van der Waals surface area contributed by atoms with E-state index in [1.165, 1.54) is 18.4 Å². The van der Waals surface area contributed by atoms with Gasteiger partial charge >= 0.3 is 5.97 Å². The number of aromatic hydroxyl groups is 1. The van der Waals surface area contributed by atoms with Crippen LogP contribution in [0.15, 0.2) is 52.9 Å². The molecule has 38 heavy (non-hydrogen) atoms. The smallest absolute Gasteiger partial charge is 0.350 e. The number of oxazole rings is 1. The fourth-order valence-corrected chi connectivity index (χ4v) is 6.20. The molecule has 0 unspecified atom stereocenters. The molecule has 0 bridgehead atoms. The van der Waals surface area contributed by atoms with Gasteiger partial charge in [0, 0.05) is 22.4 Å². The highest BCUT2D eigenvalue weighted by atomic mass is 32.1. The predicted molar refractivity (Wildman–Crippen MR) is 150 cm³/mol. The molecule has 2 aromatic carbocycles. The number of anilines is 1. The van der Waals surface area contributed by atoms with Crippen molar-refractivity contribution in [3.63, 3.8) is 0 Å². The Balaban J connectivity index is 1.48. The summed E-state index contributed by atoms with van der Waals surface area (Å²) in [6.07, 6.45) is 3.85. The fraction of sp³-hybridized carbons (Fsp3) is 0.367. The molecule has 198 valence electrons. The van der Waals surface area contributed by atoms with Crippen LogP contribution in [-0.4, -0.2) is 35.1 Å². The number of benzene rings is 2. The van der Waals surface area contributed by atoms with Gasteiger partial charge in [0.05, 0.1) is 12.8 Å². The van der Waals surface area contributed by atoms with Crippen LogP contribution in [0.3, 0.4) is 0 Å². The number of methoxy groups -OCH3 is 1. The molecule has 1 amide bonds. The van der Waals surface area contributed by atoms with E-state index in [4.69, 9.17) is 9.15 Å². The van der Waals surface area contributed by atoms with Crippen molar-refractivity contribution in [2.24, 2.45) is 11.8 Å². The van der Waals surface area contributed by atoms with E-state index in [0.29, 0.717) is 33.5 Å². The monoisotopic (exact) mass is 532 g/mol. The van der Waals surface area contributed by atoms with Crippen LogP contribution in [0.2, 0.25) is 0 Å². The van der Waals surface area contributed by atoms with Gasteiger partial charge in [-0.15, -0.1) is 11.3 Å². The van der Waals surface area contributed by atoms with Gasteiger partial charge in [-0.1, -0.05) is 25.1 Å². The van der Waals surface area contributed by atoms with Gasteiger partial charge < -0.3 is 19.2 Å². The third-order valence-corrected chi connectivity index (χ3v) is 8.43. The average Bonchev–Trinajstić information content (AvgIpc) is 3.55. The number of phenols is 1. The van der Waals surface area contributed by atoms with Gasteiger partial charge in [-0.2, -0.15) is 0 Å². The van der Waals surface area contributed by atoms with E-state index in [1.807, 2.05) is 44.2 Å². The molecule has 1 aliphatic carbocycles. The van der Waals surface area contributed by atoms with Crippen LogP contribution in [0.5, 0.6) is 5.75 Å². The first-order valence-corrected chi connectivity index (χ1v) is 13.8. The summed E-state index contributed by atoms with van der Waals surface area (Å²) in [4.78, 5) is 34.1. The lowest BCUT2D eigenvalue weighted by molar-refractivity contribution is -0.123. The summed E-state index contributed by atoms with van der Waals surface area (Å²) in [5.41, 5.74) is 3.20. The van der Waals surface area contributed by atoms with Gasteiger partial charge in [0.2, 0.25) is 11.8 Å². The van der Waals surface area contributed by atoms with Crippen molar-refractivity contribution < 1.29 is 23.8 Å². The van der Waals surface area contributed by atoms with Gasteiger partial charge in [0.1, 0.15) is 10.4 Å². The first-order valence-electron chi connectivity index (χ1n) is 13.0. The molecule has 1 saturated carbocycles. The normalized spacial score (nSPS) is 17.6. The molecule has 0 atom stereocenters. The number of nitrogens with zero attached hydrogens (tertiary/aromatic N) is 2. The number of hydrogen-bond donors (Lipinski definition) is 1. The number of esters is 1. The van der Waals surface area contributed by atoms with Gasteiger partial charge in [-0.25, -0.2) is 9.78 Å². The van der Waals surface area contributed by atoms with Crippen LogP contribution in [-0.2, 0) is 9.53 Å². The van der Waals surface area contributed by atoms with Crippen molar-refractivity contribution in [3.8, 4) is 27.6 Å². The summed E-state index contributed by atoms with van der Waals surface area (Å²) in [7, 11) is 1.36. The van der Waals surface area contributed by atoms with Gasteiger partial charge in [-0.05, 0) is 81.3 Å². The largest absolute Gasteiger partial charge is 0.504 e. The fourth-order valence-electron chi connectivity index (χ4n) is 5.13. The molecule has 0 saturated heterocycles. The van der Waals surface area contributed by atoms with Gasteiger partial charge in [0.15, 0.2) is 11.3 Å². The number of ether oxygens (including phenoxy) is 1. The van der Waals surface area contributed by atoms with Crippen molar-refractivity contribution in [2.45, 2.75) is 52.5 Å². The maximum absolute atomic E-state index is 13.7. The Morgan fingerprint density at radius 3 is 2.39 bits per heavy atom. The second-order valence-electron chi connectivity index (χ2n) is 10.3. The predicted octanol–water partition coefficient (Wildman–Crippen LogP) is 7.28. The van der Waals surface area contributed by atoms with E-state index >= 15 is 0 Å². The summed E-state index contributed by atoms with van der Waals surface area (Å²) >= 11 is 1.32. The molecule has 4 aromatic rings. The number of para-hydroxylation sites is 1. The number of amides is 1. The minimum Gasteiger partial charge on any atom is -0.504 e. The number of carbonyl (C=O) groups is 2. The third kappa shape index (κ3) is 4.92. The van der Waals surface area contributed by atoms with E-state index < -0.39 is 5.97 Å². The Bertz CT molecular complexity index is 1460. The SMILES string of the molecule is COC(=O)c1sc(-c2ccc(-c3nc4cccc(O)c4o3)cc2)cc1N(C(=O)C1CCC(C)CC1)C(C)C. The molecule has 2 heterocycles. The zero-order chi connectivity index (χ0) is 27.0. The highest BCUT2D eigenvalue weighted by Gasteiger charge is 2.33. The number of phenolic OH excluding ortho intramolecular Hbond substituents is 1. The third-order valence-electron chi connectivity index (χ3n) is 7.27. The summed E-state index contributed by atoms with van der Waals surface area (Å²) in [5, 5.41) is 10.0. The van der Waals surface area contributed by atoms with Crippen LogP contribution in [0.1, 0.15) is 56.1 Å². The lowest BCUT2D eigenvalue weighted by Crippen LogP contribution is -2.42. The maximum atomic E-state index is 13.7. The molecule has 5 rings (SSSR count). The van der Waals surface area contributed by atoms with E-state index in [0.717, 1.165) is 41.7 Å². The molecule has 1 N–H and O–H groups in total. The lowest BCUT2D eigenvalue weighted by Gasteiger charge is -2.33. The Morgan fingerprint density at radius 1 is 1.08 bits per heavy atom. The molecular formula is C30H32N2O5S. The zero-order valence-corrected chi connectivity index (χ0v) is 22.9. The molecule has 1 fully saturated rings. The van der Waals surface area contributed by atoms with Crippen LogP contribution in [0, 0.1) is 11.8 Å². The van der Waals surface area contributed by atoms with Crippen molar-refractivity contribution in [1.29, 1.82) is 0 Å². The maximum Gasteiger partial charge on any atom is 0.350 e. The van der Waals surface area contributed by atoms with Crippen LogP contribution >= 0.6 is 11.3 Å². The molecule has 0 aliphatic heterocycles. The van der Waals surface area contributed by atoms with Crippen molar-refractivity contribution in [1.82, 2.24) is 4.98 Å². The highest BCUT2D eigenvalue weighted by molar-refractivity contribution is 7.18. The molecule has 0 radical (unpaired) electrons. The van der Waals surface area contributed by atoms with Crippen LogP contribution < -0.4 is 4.90 Å². The highest BCUT2D eigenvalue weighted by Crippen LogP contribution is 2.41. The summed E-state index contributed by atoms with van der Waals surface area (Å²) in [6.45, 7) is 6.20. The number of hydrogen-bond acceptors (Lipinski definition) is 7. The number of rotatable bonds is 6. The van der Waals surface area contributed by atoms with Gasteiger partial charge in [0.25, 0.3) is 0 Å². The standard InChI is InChI=1S/C30H32N2O5S/c1-17(2)32(29(34)21-10-8-18(3)9-11-21)23-16-25(38-27(23)30(35)36-4)19-12-14-20(15-13-19)28-31-22-6-5-7-24(33)26(22)37-28/h5-7,12-18,21,33H,8-11H2,1-4H3. The minimum absolute atomic E-state index is 0.0301. The van der Waals surface area contributed by atoms with Crippen molar-refractivity contribution in [2.75, 3.05) is 12.0 Å². The average molecular weight is 533 g/mol. The number of aromatic nitrogens is 1. The van der Waals surface area contributed by atoms with Crippen LogP contribution in [0.4, 0.5) is 5.69 Å².